The maximum atomic E-state index is 13.4. The van der Waals surface area contributed by atoms with Crippen molar-refractivity contribution in [3.8, 4) is 11.4 Å². The highest BCUT2D eigenvalue weighted by molar-refractivity contribution is 7.90. The Balaban J connectivity index is 1.32. The summed E-state index contributed by atoms with van der Waals surface area (Å²) in [6.45, 7) is 1.71. The van der Waals surface area contributed by atoms with Gasteiger partial charge in [-0.05, 0) is 23.8 Å². The second-order valence-electron chi connectivity index (χ2n) is 8.95. The van der Waals surface area contributed by atoms with E-state index in [0.29, 0.717) is 36.4 Å². The average Bonchev–Trinajstić information content (AvgIpc) is 3.29. The Morgan fingerprint density at radius 3 is 2.36 bits per heavy atom. The number of H-pyrrole nitrogens is 1. The van der Waals surface area contributed by atoms with Crippen LogP contribution in [-0.2, 0) is 29.5 Å². The molecule has 6 rings (SSSR count). The third-order valence-electron chi connectivity index (χ3n) is 6.65. The number of hydrogen-bond donors (Lipinski definition) is 1. The van der Waals surface area contributed by atoms with Gasteiger partial charge in [-0.3, -0.25) is 9.69 Å². The molecule has 1 N–H and O–H groups in total. The van der Waals surface area contributed by atoms with Gasteiger partial charge in [-0.25, -0.2) is 17.4 Å². The summed E-state index contributed by atoms with van der Waals surface area (Å²) in [6.07, 6.45) is 2.36. The van der Waals surface area contributed by atoms with Crippen LogP contribution in [0.1, 0.15) is 16.8 Å². The smallest absolute Gasteiger partial charge is 0.268 e. The Labute approximate surface area is 208 Å². The largest absolute Gasteiger partial charge is 0.306 e. The molecule has 0 atom stereocenters. The molecule has 0 saturated carbocycles. The maximum absolute atomic E-state index is 13.4. The molecule has 0 bridgehead atoms. The van der Waals surface area contributed by atoms with Crippen molar-refractivity contribution in [1.82, 2.24) is 18.8 Å². The van der Waals surface area contributed by atoms with Crippen LogP contribution in [0.15, 0.2) is 101 Å². The summed E-state index contributed by atoms with van der Waals surface area (Å²) in [5.74, 6) is 0.585. The van der Waals surface area contributed by atoms with Crippen molar-refractivity contribution in [2.24, 2.45) is 0 Å². The zero-order chi connectivity index (χ0) is 24.7. The molecule has 0 spiro atoms. The van der Waals surface area contributed by atoms with Gasteiger partial charge in [0.25, 0.3) is 15.6 Å². The third kappa shape index (κ3) is 3.94. The van der Waals surface area contributed by atoms with Gasteiger partial charge in [-0.15, -0.1) is 0 Å². The molecule has 180 valence electrons. The lowest BCUT2D eigenvalue weighted by Gasteiger charge is -2.27. The van der Waals surface area contributed by atoms with Gasteiger partial charge in [-0.2, -0.15) is 0 Å². The van der Waals surface area contributed by atoms with E-state index in [9.17, 15) is 13.2 Å². The van der Waals surface area contributed by atoms with Gasteiger partial charge >= 0.3 is 0 Å². The van der Waals surface area contributed by atoms with E-state index < -0.39 is 10.0 Å². The Morgan fingerprint density at radius 2 is 1.58 bits per heavy atom. The predicted molar refractivity (Wildman–Crippen MR) is 139 cm³/mol. The number of benzene rings is 3. The van der Waals surface area contributed by atoms with Gasteiger partial charge in [0.2, 0.25) is 0 Å². The molecule has 3 aromatic carbocycles. The Kier molecular flexibility index (Phi) is 5.55. The number of rotatable bonds is 5. The van der Waals surface area contributed by atoms with Crippen LogP contribution < -0.4 is 5.56 Å². The number of para-hydroxylation sites is 1. The van der Waals surface area contributed by atoms with Crippen molar-refractivity contribution in [1.29, 1.82) is 0 Å². The summed E-state index contributed by atoms with van der Waals surface area (Å²) in [5, 5.41) is 0.884. The molecular weight excluding hydrogens is 472 g/mol. The molecule has 0 unspecified atom stereocenters. The molecule has 0 amide bonds. The van der Waals surface area contributed by atoms with Crippen molar-refractivity contribution in [2.75, 3.05) is 6.54 Å². The SMILES string of the molecule is O=c1[nH]c(-c2ccccc2)nc2c1CN(Cc1cn(S(=O)(=O)c3ccccc3)c3ccccc13)CC2. The number of nitrogens with zero attached hydrogens (tertiary/aromatic N) is 3. The molecule has 5 aromatic rings. The van der Waals surface area contributed by atoms with Gasteiger partial charge in [0.15, 0.2) is 0 Å². The van der Waals surface area contributed by atoms with Crippen LogP contribution in [0, 0.1) is 0 Å². The Bertz CT molecular complexity index is 1730. The Hall–Kier alpha value is -4.01. The molecule has 7 nitrogen and oxygen atoms in total. The normalized spacial score (nSPS) is 14.1. The zero-order valence-corrected chi connectivity index (χ0v) is 20.3. The molecular formula is C28H24N4O3S. The van der Waals surface area contributed by atoms with E-state index in [1.54, 1.807) is 36.5 Å². The number of nitrogens with one attached hydrogen (secondary N) is 1. The second kappa shape index (κ2) is 8.89. The van der Waals surface area contributed by atoms with E-state index in [-0.39, 0.29) is 10.5 Å². The first-order valence-corrected chi connectivity index (χ1v) is 13.2. The van der Waals surface area contributed by atoms with Crippen molar-refractivity contribution < 1.29 is 8.42 Å². The fourth-order valence-electron chi connectivity index (χ4n) is 4.84. The van der Waals surface area contributed by atoms with Crippen LogP contribution >= 0.6 is 0 Å². The highest BCUT2D eigenvalue weighted by Crippen LogP contribution is 2.28. The van der Waals surface area contributed by atoms with E-state index in [2.05, 4.69) is 9.88 Å². The van der Waals surface area contributed by atoms with Crippen LogP contribution in [0.3, 0.4) is 0 Å². The molecule has 36 heavy (non-hydrogen) atoms. The van der Waals surface area contributed by atoms with Gasteiger partial charge in [0.1, 0.15) is 5.82 Å². The van der Waals surface area contributed by atoms with E-state index in [4.69, 9.17) is 4.98 Å². The molecule has 1 aliphatic rings. The molecule has 0 radical (unpaired) electrons. The molecule has 0 aliphatic carbocycles. The van der Waals surface area contributed by atoms with Crippen LogP contribution in [0.25, 0.3) is 22.3 Å². The molecule has 0 fully saturated rings. The van der Waals surface area contributed by atoms with Crippen molar-refractivity contribution in [3.05, 3.63) is 118 Å². The van der Waals surface area contributed by atoms with Crippen LogP contribution in [0.5, 0.6) is 0 Å². The summed E-state index contributed by atoms with van der Waals surface area (Å²) in [7, 11) is -3.74. The maximum Gasteiger partial charge on any atom is 0.268 e. The number of aromatic amines is 1. The van der Waals surface area contributed by atoms with Crippen molar-refractivity contribution >= 4 is 20.9 Å². The summed E-state index contributed by atoms with van der Waals surface area (Å²) >= 11 is 0. The number of fused-ring (bicyclic) bond motifs is 2. The number of hydrogen-bond acceptors (Lipinski definition) is 5. The topological polar surface area (TPSA) is 88.1 Å². The highest BCUT2D eigenvalue weighted by Gasteiger charge is 2.25. The van der Waals surface area contributed by atoms with E-state index >= 15 is 0 Å². The first kappa shape index (κ1) is 22.5. The molecule has 1 aliphatic heterocycles. The fraction of sp³-hybridized carbons (Fsp3) is 0.143. The fourth-order valence-corrected chi connectivity index (χ4v) is 6.25. The van der Waals surface area contributed by atoms with Gasteiger partial charge < -0.3 is 4.98 Å². The zero-order valence-electron chi connectivity index (χ0n) is 19.5. The average molecular weight is 497 g/mol. The summed E-state index contributed by atoms with van der Waals surface area (Å²) in [5.41, 5.74) is 3.79. The minimum absolute atomic E-state index is 0.127. The van der Waals surface area contributed by atoms with E-state index in [0.717, 1.165) is 28.8 Å². The molecule has 8 heteroatoms. The summed E-state index contributed by atoms with van der Waals surface area (Å²) < 4.78 is 28.2. The van der Waals surface area contributed by atoms with Gasteiger partial charge in [-0.1, -0.05) is 66.7 Å². The first-order chi connectivity index (χ1) is 17.5. The van der Waals surface area contributed by atoms with Crippen molar-refractivity contribution in [2.45, 2.75) is 24.4 Å². The van der Waals surface area contributed by atoms with Gasteiger partial charge in [0, 0.05) is 43.2 Å². The number of aromatic nitrogens is 3. The molecule has 0 saturated heterocycles. The van der Waals surface area contributed by atoms with Gasteiger partial charge in [0.05, 0.1) is 21.7 Å². The first-order valence-electron chi connectivity index (χ1n) is 11.8. The third-order valence-corrected chi connectivity index (χ3v) is 8.34. The predicted octanol–water partition coefficient (Wildman–Crippen LogP) is 4.19. The summed E-state index contributed by atoms with van der Waals surface area (Å²) in [6, 6.07) is 25.6. The minimum atomic E-state index is -3.74. The Morgan fingerprint density at radius 1 is 0.889 bits per heavy atom. The lowest BCUT2D eigenvalue weighted by molar-refractivity contribution is 0.242. The molecule has 2 aromatic heterocycles. The lowest BCUT2D eigenvalue weighted by atomic mass is 10.1. The lowest BCUT2D eigenvalue weighted by Crippen LogP contribution is -2.35. The van der Waals surface area contributed by atoms with Crippen LogP contribution in [-0.4, -0.2) is 33.8 Å². The second-order valence-corrected chi connectivity index (χ2v) is 10.8. The quantitative estimate of drug-likeness (QED) is 0.394. The van der Waals surface area contributed by atoms with Crippen LogP contribution in [0.4, 0.5) is 0 Å². The standard InChI is InChI=1S/C28H24N4O3S/c33-28-24-19-31(16-15-25(24)29-27(30-28)20-9-3-1-4-10-20)17-21-18-32(26-14-8-7-13-23(21)26)36(34,35)22-11-5-2-6-12-22/h1-14,18H,15-17,19H2,(H,29,30,33). The van der Waals surface area contributed by atoms with E-state index in [1.165, 1.54) is 3.97 Å². The van der Waals surface area contributed by atoms with E-state index in [1.807, 2.05) is 54.6 Å². The minimum Gasteiger partial charge on any atom is -0.306 e. The van der Waals surface area contributed by atoms with Crippen molar-refractivity contribution in [3.63, 3.8) is 0 Å². The molecule has 3 heterocycles. The highest BCUT2D eigenvalue weighted by atomic mass is 32.2. The summed E-state index contributed by atoms with van der Waals surface area (Å²) in [4.78, 5) is 23.0. The monoisotopic (exact) mass is 496 g/mol. The van der Waals surface area contributed by atoms with Crippen LogP contribution in [0.2, 0.25) is 0 Å².